The van der Waals surface area contributed by atoms with Crippen molar-refractivity contribution in [3.63, 3.8) is 0 Å². The molecule has 1 heterocycles. The lowest BCUT2D eigenvalue weighted by molar-refractivity contribution is 0.0602. The number of aromatic nitrogens is 2. The minimum absolute atomic E-state index is 0.407. The number of carbonyl (C=O) groups is 1. The Hall–Kier alpha value is -2.01. The monoisotopic (exact) mass is 305 g/mol. The van der Waals surface area contributed by atoms with E-state index >= 15 is 0 Å². The molecular formula is C15H16ClN3O2. The van der Waals surface area contributed by atoms with E-state index in [1.54, 1.807) is 18.2 Å². The summed E-state index contributed by atoms with van der Waals surface area (Å²) in [5.74, 6) is -0.407. The molecule has 0 aliphatic heterocycles. The van der Waals surface area contributed by atoms with Crippen molar-refractivity contribution >= 4 is 23.3 Å². The average Bonchev–Trinajstić information content (AvgIpc) is 3.24. The number of anilines is 1. The summed E-state index contributed by atoms with van der Waals surface area (Å²) < 4.78 is 6.97. The van der Waals surface area contributed by atoms with Gasteiger partial charge in [0.15, 0.2) is 0 Å². The number of ether oxygens (including phenoxy) is 1. The third kappa shape index (κ3) is 3.03. The van der Waals surface area contributed by atoms with Crippen LogP contribution in [0.2, 0.25) is 5.02 Å². The van der Waals surface area contributed by atoms with Crippen LogP contribution in [0.5, 0.6) is 0 Å². The second-order valence-electron chi connectivity index (χ2n) is 5.06. The van der Waals surface area contributed by atoms with E-state index in [1.165, 1.54) is 20.0 Å². The second kappa shape index (κ2) is 5.77. The first-order valence-electron chi connectivity index (χ1n) is 6.81. The van der Waals surface area contributed by atoms with Gasteiger partial charge >= 0.3 is 5.97 Å². The highest BCUT2D eigenvalue weighted by molar-refractivity contribution is 6.31. The van der Waals surface area contributed by atoms with Gasteiger partial charge in [-0.25, -0.2) is 9.78 Å². The van der Waals surface area contributed by atoms with Crippen molar-refractivity contribution in [2.24, 2.45) is 0 Å². The Morgan fingerprint density at radius 1 is 1.52 bits per heavy atom. The van der Waals surface area contributed by atoms with Gasteiger partial charge in [0, 0.05) is 22.9 Å². The van der Waals surface area contributed by atoms with Crippen molar-refractivity contribution in [2.75, 3.05) is 12.4 Å². The molecule has 1 N–H and O–H groups in total. The standard InChI is InChI=1S/C15H16ClN3O2/c1-21-15(20)13-6-10(16)2-5-14(13)18-8-12-7-17-9-19(12)11-3-4-11/h2,5-7,9,11,18H,3-4,8H2,1H3. The Labute approximate surface area is 127 Å². The normalized spacial score (nSPS) is 14.0. The molecule has 0 bridgehead atoms. The predicted molar refractivity (Wildman–Crippen MR) is 80.6 cm³/mol. The van der Waals surface area contributed by atoms with Crippen LogP contribution in [0.1, 0.15) is 34.9 Å². The van der Waals surface area contributed by atoms with Crippen molar-refractivity contribution in [3.05, 3.63) is 47.0 Å². The number of benzene rings is 1. The van der Waals surface area contributed by atoms with E-state index in [0.29, 0.717) is 28.9 Å². The molecule has 1 saturated carbocycles. The van der Waals surface area contributed by atoms with Crippen LogP contribution in [-0.2, 0) is 11.3 Å². The van der Waals surface area contributed by atoms with E-state index in [4.69, 9.17) is 16.3 Å². The molecule has 1 aromatic carbocycles. The summed E-state index contributed by atoms with van der Waals surface area (Å²) in [5, 5.41) is 3.76. The Kier molecular flexibility index (Phi) is 3.84. The number of rotatable bonds is 5. The second-order valence-corrected chi connectivity index (χ2v) is 5.49. The highest BCUT2D eigenvalue weighted by Crippen LogP contribution is 2.35. The third-order valence-electron chi connectivity index (χ3n) is 3.53. The summed E-state index contributed by atoms with van der Waals surface area (Å²) in [6, 6.07) is 5.71. The van der Waals surface area contributed by atoms with E-state index in [0.717, 1.165) is 5.69 Å². The zero-order chi connectivity index (χ0) is 14.8. The fraction of sp³-hybridized carbons (Fsp3) is 0.333. The van der Waals surface area contributed by atoms with E-state index in [9.17, 15) is 4.79 Å². The Bertz CT molecular complexity index is 665. The molecule has 0 radical (unpaired) electrons. The van der Waals surface area contributed by atoms with Crippen LogP contribution in [-0.4, -0.2) is 22.6 Å². The number of nitrogens with zero attached hydrogens (tertiary/aromatic N) is 2. The van der Waals surface area contributed by atoms with Gasteiger partial charge in [-0.1, -0.05) is 11.6 Å². The van der Waals surface area contributed by atoms with Gasteiger partial charge < -0.3 is 14.6 Å². The molecule has 2 aromatic rings. The van der Waals surface area contributed by atoms with Gasteiger partial charge in [0.1, 0.15) is 0 Å². The molecule has 1 fully saturated rings. The number of methoxy groups -OCH3 is 1. The van der Waals surface area contributed by atoms with Crippen molar-refractivity contribution in [1.29, 1.82) is 0 Å². The molecule has 21 heavy (non-hydrogen) atoms. The number of imidazole rings is 1. The lowest BCUT2D eigenvalue weighted by atomic mass is 10.1. The Morgan fingerprint density at radius 3 is 3.05 bits per heavy atom. The summed E-state index contributed by atoms with van der Waals surface area (Å²) in [7, 11) is 1.36. The van der Waals surface area contributed by atoms with Gasteiger partial charge in [-0.2, -0.15) is 0 Å². The molecule has 0 atom stereocenters. The van der Waals surface area contributed by atoms with Crippen LogP contribution in [0, 0.1) is 0 Å². The summed E-state index contributed by atoms with van der Waals surface area (Å²) >= 11 is 5.94. The molecule has 0 saturated heterocycles. The van der Waals surface area contributed by atoms with Crippen LogP contribution in [0.25, 0.3) is 0 Å². The maximum Gasteiger partial charge on any atom is 0.340 e. The van der Waals surface area contributed by atoms with Crippen molar-refractivity contribution in [1.82, 2.24) is 9.55 Å². The molecule has 0 spiro atoms. The highest BCUT2D eigenvalue weighted by Gasteiger charge is 2.25. The highest BCUT2D eigenvalue weighted by atomic mass is 35.5. The van der Waals surface area contributed by atoms with E-state index in [2.05, 4.69) is 14.9 Å². The SMILES string of the molecule is COC(=O)c1cc(Cl)ccc1NCc1cncn1C1CC1. The van der Waals surface area contributed by atoms with Gasteiger partial charge in [0.05, 0.1) is 31.2 Å². The minimum Gasteiger partial charge on any atom is -0.465 e. The number of hydrogen-bond acceptors (Lipinski definition) is 4. The van der Waals surface area contributed by atoms with Gasteiger partial charge in [-0.3, -0.25) is 0 Å². The van der Waals surface area contributed by atoms with Gasteiger partial charge in [-0.15, -0.1) is 0 Å². The lowest BCUT2D eigenvalue weighted by Gasteiger charge is -2.12. The molecule has 0 unspecified atom stereocenters. The van der Waals surface area contributed by atoms with E-state index in [1.807, 2.05) is 12.5 Å². The van der Waals surface area contributed by atoms with Crippen LogP contribution in [0.3, 0.4) is 0 Å². The molecule has 1 aromatic heterocycles. The van der Waals surface area contributed by atoms with Gasteiger partial charge in [-0.05, 0) is 31.0 Å². The number of nitrogens with one attached hydrogen (secondary N) is 1. The third-order valence-corrected chi connectivity index (χ3v) is 3.77. The Balaban J connectivity index is 1.78. The van der Waals surface area contributed by atoms with Gasteiger partial charge in [0.25, 0.3) is 0 Å². The number of hydrogen-bond donors (Lipinski definition) is 1. The molecule has 1 aliphatic carbocycles. The molecule has 3 rings (SSSR count). The smallest absolute Gasteiger partial charge is 0.340 e. The maximum absolute atomic E-state index is 11.8. The average molecular weight is 306 g/mol. The van der Waals surface area contributed by atoms with Crippen molar-refractivity contribution < 1.29 is 9.53 Å². The largest absolute Gasteiger partial charge is 0.465 e. The van der Waals surface area contributed by atoms with Gasteiger partial charge in [0.2, 0.25) is 0 Å². The topological polar surface area (TPSA) is 56.1 Å². The fourth-order valence-electron chi connectivity index (χ4n) is 2.29. The zero-order valence-corrected chi connectivity index (χ0v) is 12.4. The van der Waals surface area contributed by atoms with Crippen LogP contribution < -0.4 is 5.32 Å². The zero-order valence-electron chi connectivity index (χ0n) is 11.7. The van der Waals surface area contributed by atoms with Crippen LogP contribution in [0.15, 0.2) is 30.7 Å². The van der Waals surface area contributed by atoms with E-state index < -0.39 is 5.97 Å². The minimum atomic E-state index is -0.407. The molecule has 110 valence electrons. The number of halogens is 1. The molecule has 1 aliphatic rings. The summed E-state index contributed by atoms with van der Waals surface area (Å²) in [6.07, 6.45) is 6.12. The van der Waals surface area contributed by atoms with Crippen molar-refractivity contribution in [3.8, 4) is 0 Å². The Morgan fingerprint density at radius 2 is 2.33 bits per heavy atom. The molecule has 5 nitrogen and oxygen atoms in total. The predicted octanol–water partition coefficient (Wildman–Crippen LogP) is 3.27. The molecule has 0 amide bonds. The first-order valence-corrected chi connectivity index (χ1v) is 7.19. The first kappa shape index (κ1) is 13.9. The fourth-order valence-corrected chi connectivity index (χ4v) is 2.46. The molecular weight excluding hydrogens is 290 g/mol. The van der Waals surface area contributed by atoms with Crippen molar-refractivity contribution in [2.45, 2.75) is 25.4 Å². The van der Waals surface area contributed by atoms with Crippen LogP contribution >= 0.6 is 11.6 Å². The maximum atomic E-state index is 11.8. The van der Waals surface area contributed by atoms with Crippen LogP contribution in [0.4, 0.5) is 5.69 Å². The quantitative estimate of drug-likeness (QED) is 0.861. The summed E-state index contributed by atoms with van der Waals surface area (Å²) in [6.45, 7) is 0.599. The summed E-state index contributed by atoms with van der Waals surface area (Å²) in [4.78, 5) is 16.0. The number of esters is 1. The first-order chi connectivity index (χ1) is 10.2. The number of carbonyl (C=O) groups excluding carboxylic acids is 1. The molecule has 6 heteroatoms. The lowest BCUT2D eigenvalue weighted by Crippen LogP contribution is -2.10. The van der Waals surface area contributed by atoms with E-state index in [-0.39, 0.29) is 0 Å². The summed E-state index contributed by atoms with van der Waals surface area (Å²) in [5.41, 5.74) is 2.24.